The smallest absolute Gasteiger partial charge is 0.254 e. The first-order valence-electron chi connectivity index (χ1n) is 12.4. The highest BCUT2D eigenvalue weighted by Crippen LogP contribution is 2.39. The van der Waals surface area contributed by atoms with Crippen molar-refractivity contribution >= 4 is 28.5 Å². The summed E-state index contributed by atoms with van der Waals surface area (Å²) in [5.41, 5.74) is 5.01. The molecule has 2 unspecified atom stereocenters. The second-order valence-electron chi connectivity index (χ2n) is 9.97. The molecule has 0 N–H and O–H groups in total. The Labute approximate surface area is 195 Å². The van der Waals surface area contributed by atoms with Gasteiger partial charge in [0, 0.05) is 24.5 Å². The summed E-state index contributed by atoms with van der Waals surface area (Å²) in [7, 11) is 0. The zero-order valence-corrected chi connectivity index (χ0v) is 19.3. The summed E-state index contributed by atoms with van der Waals surface area (Å²) in [5.74, 6) is 1.46. The number of carbonyl (C=O) groups is 1. The van der Waals surface area contributed by atoms with Crippen molar-refractivity contribution in [3.63, 3.8) is 0 Å². The first-order valence-corrected chi connectivity index (χ1v) is 12.4. The molecule has 0 saturated carbocycles. The van der Waals surface area contributed by atoms with E-state index in [-0.39, 0.29) is 5.91 Å². The number of nitrogens with zero attached hydrogens (tertiary/aromatic N) is 3. The van der Waals surface area contributed by atoms with Crippen LogP contribution >= 0.6 is 0 Å². The summed E-state index contributed by atoms with van der Waals surface area (Å²) in [6.07, 6.45) is 9.28. The van der Waals surface area contributed by atoms with E-state index >= 15 is 0 Å². The van der Waals surface area contributed by atoms with Crippen molar-refractivity contribution in [1.29, 1.82) is 0 Å². The van der Waals surface area contributed by atoms with Crippen LogP contribution in [-0.2, 0) is 6.42 Å². The summed E-state index contributed by atoms with van der Waals surface area (Å²) in [6.45, 7) is 6.31. The highest BCUT2D eigenvalue weighted by molar-refractivity contribution is 6.09. The Balaban J connectivity index is 1.44. The first-order chi connectivity index (χ1) is 16.2. The summed E-state index contributed by atoms with van der Waals surface area (Å²) in [5, 5.41) is 0.984. The zero-order chi connectivity index (χ0) is 22.4. The van der Waals surface area contributed by atoms with E-state index in [0.717, 1.165) is 71.4 Å². The van der Waals surface area contributed by atoms with Crippen LogP contribution in [0.25, 0.3) is 22.6 Å². The average molecular weight is 442 g/mol. The van der Waals surface area contributed by atoms with Crippen LogP contribution in [0.2, 0.25) is 0 Å². The van der Waals surface area contributed by atoms with Gasteiger partial charge in [-0.1, -0.05) is 25.1 Å². The molecule has 5 heteroatoms. The number of aromatic nitrogens is 1. The molecular weight excluding hydrogens is 410 g/mol. The summed E-state index contributed by atoms with van der Waals surface area (Å²) in [6, 6.07) is 12.5. The van der Waals surface area contributed by atoms with Crippen LogP contribution < -0.4 is 0 Å². The second-order valence-corrected chi connectivity index (χ2v) is 9.97. The molecular formula is C28H31N3O2. The molecule has 0 bridgehead atoms. The maximum absolute atomic E-state index is 14.1. The molecule has 33 heavy (non-hydrogen) atoms. The second kappa shape index (κ2) is 8.45. The number of hydrogen-bond donors (Lipinski definition) is 0. The Kier molecular flexibility index (Phi) is 5.30. The third-order valence-electron chi connectivity index (χ3n) is 7.60. The third-order valence-corrected chi connectivity index (χ3v) is 7.60. The van der Waals surface area contributed by atoms with Crippen LogP contribution in [0, 0.1) is 5.92 Å². The van der Waals surface area contributed by atoms with E-state index in [1.165, 1.54) is 25.9 Å². The van der Waals surface area contributed by atoms with Gasteiger partial charge in [0.25, 0.3) is 5.91 Å². The van der Waals surface area contributed by atoms with Crippen LogP contribution in [0.4, 0.5) is 0 Å². The lowest BCUT2D eigenvalue weighted by atomic mass is 9.80. The Morgan fingerprint density at radius 3 is 2.76 bits per heavy atom. The van der Waals surface area contributed by atoms with Crippen molar-refractivity contribution < 1.29 is 9.21 Å². The van der Waals surface area contributed by atoms with Crippen molar-refractivity contribution in [2.45, 2.75) is 45.1 Å². The highest BCUT2D eigenvalue weighted by Gasteiger charge is 2.35. The number of amides is 1. The molecule has 2 fully saturated rings. The quantitative estimate of drug-likeness (QED) is 0.556. The molecule has 2 atom stereocenters. The molecule has 1 aromatic carbocycles. The van der Waals surface area contributed by atoms with E-state index in [9.17, 15) is 4.79 Å². The molecule has 4 heterocycles. The highest BCUT2D eigenvalue weighted by atomic mass is 16.3. The van der Waals surface area contributed by atoms with E-state index in [1.807, 2.05) is 30.3 Å². The van der Waals surface area contributed by atoms with Crippen LogP contribution in [0.5, 0.6) is 0 Å². The van der Waals surface area contributed by atoms with Gasteiger partial charge in [-0.2, -0.15) is 0 Å². The lowest BCUT2D eigenvalue weighted by molar-refractivity contribution is 0.0780. The SMILES string of the molecule is CC1C/C(=C/c2ccco2)c2nc3ccccc3c(C(=O)N3CCC(N4CCCC4)C3)c2C1. The number of rotatable bonds is 3. The third kappa shape index (κ3) is 3.78. The van der Waals surface area contributed by atoms with E-state index in [1.54, 1.807) is 6.26 Å². The van der Waals surface area contributed by atoms with Gasteiger partial charge in [0.1, 0.15) is 5.76 Å². The molecule has 2 aromatic heterocycles. The van der Waals surface area contributed by atoms with Gasteiger partial charge in [0.05, 0.1) is 23.0 Å². The predicted octanol–water partition coefficient (Wildman–Crippen LogP) is 5.26. The largest absolute Gasteiger partial charge is 0.465 e. The number of benzene rings is 1. The van der Waals surface area contributed by atoms with Gasteiger partial charge < -0.3 is 9.32 Å². The van der Waals surface area contributed by atoms with Gasteiger partial charge in [-0.05, 0) is 86.5 Å². The minimum Gasteiger partial charge on any atom is -0.465 e. The Morgan fingerprint density at radius 1 is 1.09 bits per heavy atom. The van der Waals surface area contributed by atoms with Crippen molar-refractivity contribution in [2.24, 2.45) is 5.92 Å². The van der Waals surface area contributed by atoms with E-state index in [2.05, 4.69) is 28.9 Å². The Hall–Kier alpha value is -2.92. The molecule has 6 rings (SSSR count). The fourth-order valence-electron chi connectivity index (χ4n) is 6.01. The molecule has 3 aliphatic rings. The van der Waals surface area contributed by atoms with Crippen LogP contribution in [0.3, 0.4) is 0 Å². The van der Waals surface area contributed by atoms with Crippen LogP contribution in [0.15, 0.2) is 47.1 Å². The number of pyridine rings is 1. The number of likely N-dealkylation sites (tertiary alicyclic amines) is 2. The fourth-order valence-corrected chi connectivity index (χ4v) is 6.01. The molecule has 2 saturated heterocycles. The van der Waals surface area contributed by atoms with Gasteiger partial charge in [0.15, 0.2) is 0 Å². The number of fused-ring (bicyclic) bond motifs is 2. The number of para-hydroxylation sites is 1. The van der Waals surface area contributed by atoms with Gasteiger partial charge in [-0.3, -0.25) is 9.69 Å². The van der Waals surface area contributed by atoms with Crippen LogP contribution in [0.1, 0.15) is 60.0 Å². The van der Waals surface area contributed by atoms with Gasteiger partial charge in [-0.15, -0.1) is 0 Å². The molecule has 0 spiro atoms. The molecule has 1 aliphatic carbocycles. The van der Waals surface area contributed by atoms with Gasteiger partial charge >= 0.3 is 0 Å². The predicted molar refractivity (Wildman–Crippen MR) is 131 cm³/mol. The number of furan rings is 1. The van der Waals surface area contributed by atoms with E-state index in [0.29, 0.717) is 12.0 Å². The van der Waals surface area contributed by atoms with E-state index in [4.69, 9.17) is 9.40 Å². The number of carbonyl (C=O) groups excluding carboxylic acids is 1. The maximum Gasteiger partial charge on any atom is 0.254 e. The van der Waals surface area contributed by atoms with Gasteiger partial charge in [-0.25, -0.2) is 4.98 Å². The Bertz CT molecular complexity index is 1210. The lowest BCUT2D eigenvalue weighted by Gasteiger charge is -2.28. The number of allylic oxidation sites excluding steroid dienone is 1. The molecule has 170 valence electrons. The first kappa shape index (κ1) is 20.7. The summed E-state index contributed by atoms with van der Waals surface area (Å²) >= 11 is 0. The molecule has 1 amide bonds. The van der Waals surface area contributed by atoms with Crippen molar-refractivity contribution in [3.8, 4) is 0 Å². The minimum absolute atomic E-state index is 0.179. The van der Waals surface area contributed by atoms with Gasteiger partial charge in [0.2, 0.25) is 0 Å². The fraction of sp³-hybridized carbons (Fsp3) is 0.429. The molecule has 2 aliphatic heterocycles. The minimum atomic E-state index is 0.179. The molecule has 3 aromatic rings. The number of hydrogen-bond acceptors (Lipinski definition) is 4. The van der Waals surface area contributed by atoms with Crippen molar-refractivity contribution in [2.75, 3.05) is 26.2 Å². The Morgan fingerprint density at radius 2 is 1.94 bits per heavy atom. The summed E-state index contributed by atoms with van der Waals surface area (Å²) < 4.78 is 5.61. The van der Waals surface area contributed by atoms with E-state index < -0.39 is 0 Å². The average Bonchev–Trinajstić information content (AvgIpc) is 3.60. The molecule has 5 nitrogen and oxygen atoms in total. The lowest BCUT2D eigenvalue weighted by Crippen LogP contribution is -2.37. The monoisotopic (exact) mass is 441 g/mol. The maximum atomic E-state index is 14.1. The van der Waals surface area contributed by atoms with Crippen LogP contribution in [-0.4, -0.2) is 52.9 Å². The zero-order valence-electron chi connectivity index (χ0n) is 19.3. The normalized spacial score (nSPS) is 24.6. The molecule has 0 radical (unpaired) electrons. The van der Waals surface area contributed by atoms with Crippen molar-refractivity contribution in [1.82, 2.24) is 14.8 Å². The summed E-state index contributed by atoms with van der Waals surface area (Å²) in [4.78, 5) is 23.8. The standard InChI is InChI=1S/C28H31N3O2/c1-19-15-20(17-22-7-6-14-33-22)27-24(16-19)26(23-8-2-3-9-25(23)29-27)28(32)31-13-10-21(18-31)30-11-4-5-12-30/h2-3,6-9,14,17,19,21H,4-5,10-13,15-16,18H2,1H3/b20-17-. The topological polar surface area (TPSA) is 49.6 Å². The van der Waals surface area contributed by atoms with Crippen molar-refractivity contribution in [3.05, 3.63) is 65.2 Å².